The van der Waals surface area contributed by atoms with Gasteiger partial charge in [-0.1, -0.05) is 48.5 Å². The van der Waals surface area contributed by atoms with E-state index in [0.29, 0.717) is 0 Å². The van der Waals surface area contributed by atoms with Crippen molar-refractivity contribution in [1.82, 2.24) is 0 Å². The van der Waals surface area contributed by atoms with Crippen LogP contribution in [0.1, 0.15) is 5.56 Å². The number of hydrogen-bond donors (Lipinski definition) is 2. The van der Waals surface area contributed by atoms with Crippen LogP contribution < -0.4 is 4.74 Å². The van der Waals surface area contributed by atoms with Crippen LogP contribution in [-0.4, -0.2) is 30.7 Å². The number of ether oxygens (including phenoxy) is 2. The fourth-order valence-electron chi connectivity index (χ4n) is 1.25. The molecule has 1 fully saturated rings. The van der Waals surface area contributed by atoms with Crippen molar-refractivity contribution in [3.8, 4) is 5.75 Å². The van der Waals surface area contributed by atoms with Gasteiger partial charge >= 0.3 is 10.4 Å². The number of hydrogen-bond acceptors (Lipinski definition) is 4. The molecule has 7 heteroatoms. The van der Waals surface area contributed by atoms with E-state index >= 15 is 0 Å². The second-order valence-corrected chi connectivity index (χ2v) is 5.10. The summed E-state index contributed by atoms with van der Waals surface area (Å²) in [4.78, 5) is 0. The van der Waals surface area contributed by atoms with Crippen molar-refractivity contribution >= 4 is 16.5 Å². The van der Waals surface area contributed by atoms with Gasteiger partial charge in [-0.05, 0) is 23.8 Å². The second kappa shape index (κ2) is 10.5. The number of epoxide rings is 1. The summed E-state index contributed by atoms with van der Waals surface area (Å²) in [7, 11) is -4.67. The molecule has 0 bridgehead atoms. The zero-order valence-corrected chi connectivity index (χ0v) is 13.1. The highest BCUT2D eigenvalue weighted by Gasteiger charge is 1.94. The summed E-state index contributed by atoms with van der Waals surface area (Å²) in [5.74, 6) is 0.852. The van der Waals surface area contributed by atoms with Crippen molar-refractivity contribution in [2.75, 3.05) is 13.2 Å². The molecule has 0 amide bonds. The summed E-state index contributed by atoms with van der Waals surface area (Å²) in [5, 5.41) is 0. The van der Waals surface area contributed by atoms with Gasteiger partial charge in [0.2, 0.25) is 0 Å². The average molecular weight is 338 g/mol. The van der Waals surface area contributed by atoms with Crippen LogP contribution in [0.3, 0.4) is 0 Å². The Morgan fingerprint density at radius 2 is 1.35 bits per heavy atom. The van der Waals surface area contributed by atoms with Crippen LogP contribution >= 0.6 is 0 Å². The lowest BCUT2D eigenvalue weighted by atomic mass is 10.2. The lowest BCUT2D eigenvalue weighted by Gasteiger charge is -1.98. The van der Waals surface area contributed by atoms with Gasteiger partial charge in [0.1, 0.15) is 5.75 Å². The summed E-state index contributed by atoms with van der Waals surface area (Å²) in [6, 6.07) is 19.8. The van der Waals surface area contributed by atoms with Crippen molar-refractivity contribution < 1.29 is 27.0 Å². The molecule has 1 aliphatic heterocycles. The van der Waals surface area contributed by atoms with E-state index in [-0.39, 0.29) is 0 Å². The molecule has 0 aliphatic carbocycles. The highest BCUT2D eigenvalue weighted by atomic mass is 32.3. The van der Waals surface area contributed by atoms with Gasteiger partial charge in [-0.25, -0.2) is 0 Å². The van der Waals surface area contributed by atoms with E-state index < -0.39 is 10.4 Å². The summed E-state index contributed by atoms with van der Waals surface area (Å²) < 4.78 is 41.5. The fraction of sp³-hybridized carbons (Fsp3) is 0.125. The highest BCUT2D eigenvalue weighted by Crippen LogP contribution is 2.09. The molecule has 2 N–H and O–H groups in total. The van der Waals surface area contributed by atoms with Crippen LogP contribution in [0.5, 0.6) is 5.75 Å². The smallest absolute Gasteiger partial charge is 0.394 e. The van der Waals surface area contributed by atoms with Gasteiger partial charge in [-0.2, -0.15) is 8.42 Å². The first kappa shape index (κ1) is 18.9. The van der Waals surface area contributed by atoms with Gasteiger partial charge in [-0.3, -0.25) is 9.11 Å². The van der Waals surface area contributed by atoms with Crippen LogP contribution in [0.25, 0.3) is 6.08 Å². The van der Waals surface area contributed by atoms with Gasteiger partial charge in [0.05, 0.1) is 19.5 Å². The normalized spacial score (nSPS) is 12.4. The molecule has 0 spiro atoms. The summed E-state index contributed by atoms with van der Waals surface area (Å²) in [6.07, 6.45) is 3.64. The highest BCUT2D eigenvalue weighted by molar-refractivity contribution is 7.79. The summed E-state index contributed by atoms with van der Waals surface area (Å²) in [5.41, 5.74) is 1.13. The number of benzene rings is 2. The molecule has 2 aromatic carbocycles. The van der Waals surface area contributed by atoms with Gasteiger partial charge in [0.15, 0.2) is 0 Å². The lowest BCUT2D eigenvalue weighted by Crippen LogP contribution is -1.89. The third kappa shape index (κ3) is 14.5. The second-order valence-electron chi connectivity index (χ2n) is 4.20. The molecule has 0 aromatic heterocycles. The van der Waals surface area contributed by atoms with Crippen LogP contribution in [0, 0.1) is 0 Å². The van der Waals surface area contributed by atoms with Gasteiger partial charge in [0, 0.05) is 0 Å². The van der Waals surface area contributed by atoms with Gasteiger partial charge < -0.3 is 9.47 Å². The third-order valence-electron chi connectivity index (χ3n) is 2.21. The monoisotopic (exact) mass is 338 g/mol. The topological polar surface area (TPSA) is 96.4 Å². The van der Waals surface area contributed by atoms with Crippen LogP contribution in [0.2, 0.25) is 0 Å². The van der Waals surface area contributed by atoms with Gasteiger partial charge in [-0.15, -0.1) is 0 Å². The zero-order chi connectivity index (χ0) is 17.0. The minimum absolute atomic E-state index is 0.852. The molecular formula is C16H18O6S. The van der Waals surface area contributed by atoms with E-state index in [1.165, 1.54) is 0 Å². The first-order valence-electron chi connectivity index (χ1n) is 6.66. The Balaban J connectivity index is 0.000000273. The quantitative estimate of drug-likeness (QED) is 0.507. The van der Waals surface area contributed by atoms with Crippen molar-refractivity contribution in [1.29, 1.82) is 0 Å². The molecule has 6 nitrogen and oxygen atoms in total. The van der Waals surface area contributed by atoms with Crippen molar-refractivity contribution in [2.24, 2.45) is 0 Å². The maximum atomic E-state index is 8.74. The summed E-state index contributed by atoms with van der Waals surface area (Å²) >= 11 is 0. The first-order valence-corrected chi connectivity index (χ1v) is 8.06. The molecule has 0 unspecified atom stereocenters. The molecule has 0 saturated carbocycles. The molecule has 124 valence electrons. The Hall–Kier alpha value is -2.19. The maximum absolute atomic E-state index is 8.74. The fourth-order valence-corrected chi connectivity index (χ4v) is 1.25. The van der Waals surface area contributed by atoms with E-state index in [4.69, 9.17) is 22.3 Å². The molecule has 1 aliphatic rings. The van der Waals surface area contributed by atoms with E-state index in [2.05, 4.69) is 4.74 Å². The van der Waals surface area contributed by atoms with Crippen molar-refractivity contribution in [2.45, 2.75) is 0 Å². The number of rotatable bonds is 3. The first-order chi connectivity index (χ1) is 10.9. The molecule has 1 saturated heterocycles. The molecule has 23 heavy (non-hydrogen) atoms. The third-order valence-corrected chi connectivity index (χ3v) is 2.21. The Bertz CT molecular complexity index is 655. The Labute approximate surface area is 135 Å². The lowest BCUT2D eigenvalue weighted by molar-refractivity contribution is 0.381. The van der Waals surface area contributed by atoms with Gasteiger partial charge in [0.25, 0.3) is 0 Å². The molecule has 3 rings (SSSR count). The van der Waals surface area contributed by atoms with Crippen molar-refractivity contribution in [3.63, 3.8) is 0 Å². The number of para-hydroxylation sites is 1. The molecule has 2 aromatic rings. The van der Waals surface area contributed by atoms with Crippen LogP contribution in [0.15, 0.2) is 66.9 Å². The Morgan fingerprint density at radius 1 is 0.913 bits per heavy atom. The Morgan fingerprint density at radius 3 is 1.78 bits per heavy atom. The largest absolute Gasteiger partial charge is 0.465 e. The predicted octanol–water partition coefficient (Wildman–Crippen LogP) is 3.10. The molecule has 0 radical (unpaired) electrons. The van der Waals surface area contributed by atoms with E-state index in [1.807, 2.05) is 66.7 Å². The summed E-state index contributed by atoms with van der Waals surface area (Å²) in [6.45, 7) is 2.00. The van der Waals surface area contributed by atoms with Crippen LogP contribution in [0.4, 0.5) is 0 Å². The zero-order valence-electron chi connectivity index (χ0n) is 12.3. The minimum atomic E-state index is -4.67. The van der Waals surface area contributed by atoms with E-state index in [0.717, 1.165) is 24.5 Å². The standard InChI is InChI=1S/C14H12O.C2H4O.H2O4S/c1-3-7-13(8-4-1)11-12-15-14-9-5-2-6-10-14;1-2-3-1;1-5(2,3)4/h1-12H;1-2H2;(H2,1,2,3,4). The SMILES string of the molecule is C(=Cc1ccccc1)Oc1ccccc1.C1CO1.O=S(=O)(O)O. The van der Waals surface area contributed by atoms with Crippen molar-refractivity contribution in [3.05, 3.63) is 72.5 Å². The van der Waals surface area contributed by atoms with E-state index in [9.17, 15) is 0 Å². The molecular weight excluding hydrogens is 320 g/mol. The Kier molecular flexibility index (Phi) is 8.63. The average Bonchev–Trinajstić information content (AvgIpc) is 3.36. The van der Waals surface area contributed by atoms with E-state index in [1.54, 1.807) is 6.26 Å². The molecule has 1 heterocycles. The maximum Gasteiger partial charge on any atom is 0.394 e. The molecule has 0 atom stereocenters. The van der Waals surface area contributed by atoms with Crippen LogP contribution in [-0.2, 0) is 15.1 Å². The predicted molar refractivity (Wildman–Crippen MR) is 87.5 cm³/mol. The minimum Gasteiger partial charge on any atom is -0.465 e.